The number of halogens is 1. The quantitative estimate of drug-likeness (QED) is 0.914. The van der Waals surface area contributed by atoms with Crippen LogP contribution in [0.25, 0.3) is 11.3 Å². The molecule has 22 heavy (non-hydrogen) atoms. The standard InChI is InChI=1S/C17H21ClN2O2/c1-20(10-13-5-3-7-15(13)21)11-17-19-9-16(22-17)12-4-2-6-14(18)8-12/h2,4,6,8-9,13,15,21H,3,5,7,10-11H2,1H3. The number of rotatable bonds is 5. The minimum absolute atomic E-state index is 0.158. The fraction of sp³-hybridized carbons (Fsp3) is 0.471. The highest BCUT2D eigenvalue weighted by Gasteiger charge is 2.26. The van der Waals surface area contributed by atoms with E-state index in [9.17, 15) is 5.11 Å². The average Bonchev–Trinajstić information content (AvgIpc) is 3.09. The van der Waals surface area contributed by atoms with Crippen molar-refractivity contribution in [1.82, 2.24) is 9.88 Å². The van der Waals surface area contributed by atoms with Gasteiger partial charge in [-0.15, -0.1) is 0 Å². The van der Waals surface area contributed by atoms with Crippen molar-refractivity contribution in [3.63, 3.8) is 0 Å². The Morgan fingerprint density at radius 2 is 2.27 bits per heavy atom. The molecule has 2 aromatic rings. The molecule has 118 valence electrons. The Balaban J connectivity index is 1.61. The molecule has 4 nitrogen and oxygen atoms in total. The Labute approximate surface area is 135 Å². The molecule has 2 atom stereocenters. The van der Waals surface area contributed by atoms with Crippen LogP contribution in [0.3, 0.4) is 0 Å². The van der Waals surface area contributed by atoms with E-state index in [0.29, 0.717) is 23.4 Å². The summed E-state index contributed by atoms with van der Waals surface area (Å²) in [6.45, 7) is 1.51. The maximum Gasteiger partial charge on any atom is 0.209 e. The van der Waals surface area contributed by atoms with Gasteiger partial charge in [-0.05, 0) is 37.9 Å². The summed E-state index contributed by atoms with van der Waals surface area (Å²) >= 11 is 6.00. The van der Waals surface area contributed by atoms with Gasteiger partial charge in [0.15, 0.2) is 5.76 Å². The lowest BCUT2D eigenvalue weighted by Crippen LogP contribution is -2.29. The molecule has 1 heterocycles. The first kappa shape index (κ1) is 15.5. The number of benzene rings is 1. The molecule has 1 saturated carbocycles. The van der Waals surface area contributed by atoms with E-state index in [1.165, 1.54) is 0 Å². The van der Waals surface area contributed by atoms with Crippen molar-refractivity contribution in [1.29, 1.82) is 0 Å². The molecule has 3 rings (SSSR count). The molecule has 1 aliphatic carbocycles. The second-order valence-corrected chi connectivity index (χ2v) is 6.52. The lowest BCUT2D eigenvalue weighted by atomic mass is 10.1. The van der Waals surface area contributed by atoms with Crippen molar-refractivity contribution >= 4 is 11.6 Å². The molecular weight excluding hydrogens is 300 g/mol. The third-order valence-electron chi connectivity index (χ3n) is 4.23. The van der Waals surface area contributed by atoms with Crippen LogP contribution in [0, 0.1) is 5.92 Å². The van der Waals surface area contributed by atoms with E-state index in [4.69, 9.17) is 16.0 Å². The predicted molar refractivity (Wildman–Crippen MR) is 86.6 cm³/mol. The molecule has 2 unspecified atom stereocenters. The van der Waals surface area contributed by atoms with Crippen LogP contribution in [-0.4, -0.2) is 34.7 Å². The van der Waals surface area contributed by atoms with Crippen LogP contribution in [0.5, 0.6) is 0 Å². The van der Waals surface area contributed by atoms with Gasteiger partial charge in [0.05, 0.1) is 18.8 Å². The number of aromatic nitrogens is 1. The van der Waals surface area contributed by atoms with Crippen LogP contribution in [0.4, 0.5) is 0 Å². The fourth-order valence-corrected chi connectivity index (χ4v) is 3.27. The van der Waals surface area contributed by atoms with Crippen molar-refractivity contribution in [3.05, 3.63) is 41.4 Å². The van der Waals surface area contributed by atoms with Gasteiger partial charge in [0.2, 0.25) is 5.89 Å². The van der Waals surface area contributed by atoms with E-state index in [1.54, 1.807) is 6.20 Å². The largest absolute Gasteiger partial charge is 0.439 e. The van der Waals surface area contributed by atoms with Gasteiger partial charge in [-0.25, -0.2) is 4.98 Å². The lowest BCUT2D eigenvalue weighted by Gasteiger charge is -2.21. The molecule has 0 amide bonds. The number of hydrogen-bond donors (Lipinski definition) is 1. The molecule has 0 aliphatic heterocycles. The lowest BCUT2D eigenvalue weighted by molar-refractivity contribution is 0.105. The summed E-state index contributed by atoms with van der Waals surface area (Å²) in [5.41, 5.74) is 0.931. The van der Waals surface area contributed by atoms with Crippen molar-refractivity contribution in [2.45, 2.75) is 31.9 Å². The third kappa shape index (κ3) is 3.69. The molecular formula is C17H21ClN2O2. The second kappa shape index (κ2) is 6.82. The molecule has 1 aromatic heterocycles. The summed E-state index contributed by atoms with van der Waals surface area (Å²) in [6, 6.07) is 7.55. The van der Waals surface area contributed by atoms with Crippen LogP contribution in [-0.2, 0) is 6.54 Å². The maximum atomic E-state index is 9.90. The van der Waals surface area contributed by atoms with Crippen molar-refractivity contribution in [3.8, 4) is 11.3 Å². The van der Waals surface area contributed by atoms with Gasteiger partial charge >= 0.3 is 0 Å². The molecule has 1 N–H and O–H groups in total. The summed E-state index contributed by atoms with van der Waals surface area (Å²) in [5, 5.41) is 10.6. The van der Waals surface area contributed by atoms with Crippen LogP contribution in [0.15, 0.2) is 34.9 Å². The van der Waals surface area contributed by atoms with E-state index < -0.39 is 0 Å². The van der Waals surface area contributed by atoms with Gasteiger partial charge in [0.1, 0.15) is 0 Å². The summed E-state index contributed by atoms with van der Waals surface area (Å²) < 4.78 is 5.81. The Kier molecular flexibility index (Phi) is 4.81. The Bertz CT molecular complexity index is 629. The van der Waals surface area contributed by atoms with Gasteiger partial charge in [0.25, 0.3) is 0 Å². The summed E-state index contributed by atoms with van der Waals surface area (Å²) in [6.07, 6.45) is 4.73. The first-order valence-electron chi connectivity index (χ1n) is 7.69. The van der Waals surface area contributed by atoms with Gasteiger partial charge in [0, 0.05) is 17.1 Å². The number of aliphatic hydroxyl groups excluding tert-OH is 1. The molecule has 0 bridgehead atoms. The van der Waals surface area contributed by atoms with Gasteiger partial charge in [-0.3, -0.25) is 4.90 Å². The zero-order valence-electron chi connectivity index (χ0n) is 12.7. The van der Waals surface area contributed by atoms with Crippen LogP contribution < -0.4 is 0 Å². The van der Waals surface area contributed by atoms with Crippen LogP contribution >= 0.6 is 11.6 Å². The molecule has 1 aromatic carbocycles. The van der Waals surface area contributed by atoms with E-state index in [2.05, 4.69) is 9.88 Å². The predicted octanol–water partition coefficient (Wildman–Crippen LogP) is 3.59. The van der Waals surface area contributed by atoms with E-state index >= 15 is 0 Å². The fourth-order valence-electron chi connectivity index (χ4n) is 3.08. The van der Waals surface area contributed by atoms with E-state index in [-0.39, 0.29) is 6.10 Å². The zero-order valence-corrected chi connectivity index (χ0v) is 13.5. The SMILES string of the molecule is CN(Cc1ncc(-c2cccc(Cl)c2)o1)CC1CCCC1O. The molecule has 0 radical (unpaired) electrons. The average molecular weight is 321 g/mol. The van der Waals surface area contributed by atoms with E-state index in [0.717, 1.165) is 37.1 Å². The van der Waals surface area contributed by atoms with Gasteiger partial charge in [-0.2, -0.15) is 0 Å². The normalized spacial score (nSPS) is 21.6. The van der Waals surface area contributed by atoms with Crippen molar-refractivity contribution in [2.75, 3.05) is 13.6 Å². The first-order chi connectivity index (χ1) is 10.6. The zero-order chi connectivity index (χ0) is 15.5. The highest BCUT2D eigenvalue weighted by molar-refractivity contribution is 6.30. The van der Waals surface area contributed by atoms with E-state index in [1.807, 2.05) is 31.3 Å². The van der Waals surface area contributed by atoms with Gasteiger partial charge in [-0.1, -0.05) is 30.2 Å². The molecule has 5 heteroatoms. The Hall–Kier alpha value is -1.36. The minimum Gasteiger partial charge on any atom is -0.439 e. The summed E-state index contributed by atoms with van der Waals surface area (Å²) in [4.78, 5) is 6.50. The third-order valence-corrected chi connectivity index (χ3v) is 4.47. The Morgan fingerprint density at radius 3 is 3.00 bits per heavy atom. The highest BCUT2D eigenvalue weighted by atomic mass is 35.5. The van der Waals surface area contributed by atoms with Crippen molar-refractivity contribution in [2.24, 2.45) is 5.92 Å². The first-order valence-corrected chi connectivity index (χ1v) is 8.07. The summed E-state index contributed by atoms with van der Waals surface area (Å²) in [5.74, 6) is 1.78. The van der Waals surface area contributed by atoms with Crippen LogP contribution in [0.1, 0.15) is 25.2 Å². The van der Waals surface area contributed by atoms with Crippen molar-refractivity contribution < 1.29 is 9.52 Å². The van der Waals surface area contributed by atoms with Gasteiger partial charge < -0.3 is 9.52 Å². The highest BCUT2D eigenvalue weighted by Crippen LogP contribution is 2.27. The Morgan fingerprint density at radius 1 is 1.41 bits per heavy atom. The number of oxazole rings is 1. The molecule has 0 spiro atoms. The number of aliphatic hydroxyl groups is 1. The number of nitrogens with zero attached hydrogens (tertiary/aromatic N) is 2. The van der Waals surface area contributed by atoms with Crippen LogP contribution in [0.2, 0.25) is 5.02 Å². The minimum atomic E-state index is -0.158. The summed E-state index contributed by atoms with van der Waals surface area (Å²) in [7, 11) is 2.04. The maximum absolute atomic E-state index is 9.90. The smallest absolute Gasteiger partial charge is 0.209 e. The molecule has 0 saturated heterocycles. The monoisotopic (exact) mass is 320 g/mol. The molecule has 1 aliphatic rings. The number of hydrogen-bond acceptors (Lipinski definition) is 4. The topological polar surface area (TPSA) is 49.5 Å². The second-order valence-electron chi connectivity index (χ2n) is 6.08. The molecule has 1 fully saturated rings.